The molecular formula is C68H48Ag2P2+2. The second-order valence-electron chi connectivity index (χ2n) is 16.9. The maximum Gasteiger partial charge on any atom is 1.00 e. The molecule has 0 fully saturated rings. The van der Waals surface area contributed by atoms with Gasteiger partial charge in [0.25, 0.3) is 0 Å². The van der Waals surface area contributed by atoms with Crippen LogP contribution in [0.15, 0.2) is 279 Å². The van der Waals surface area contributed by atoms with E-state index in [0.29, 0.717) is 0 Å². The van der Waals surface area contributed by atoms with Crippen LogP contribution in [0.25, 0.3) is 54.2 Å². The van der Waals surface area contributed by atoms with E-state index in [9.17, 15) is 0 Å². The molecule has 12 aromatic carbocycles. The van der Waals surface area contributed by atoms with Crippen molar-refractivity contribution >= 4 is 90.8 Å². The Hall–Kier alpha value is -6.86. The van der Waals surface area contributed by atoms with E-state index in [2.05, 4.69) is 236 Å². The summed E-state index contributed by atoms with van der Waals surface area (Å²) in [7, 11) is -2.28. The zero-order valence-corrected chi connectivity index (χ0v) is 44.1. The van der Waals surface area contributed by atoms with Gasteiger partial charge in [0, 0.05) is 0 Å². The van der Waals surface area contributed by atoms with Crippen LogP contribution in [0.1, 0.15) is 11.1 Å². The van der Waals surface area contributed by atoms with Crippen LogP contribution < -0.4 is 31.8 Å². The summed E-state index contributed by atoms with van der Waals surface area (Å²) in [6, 6.07) is 98.8. The van der Waals surface area contributed by atoms with Crippen molar-refractivity contribution in [3.63, 3.8) is 0 Å². The molecule has 0 aliphatic heterocycles. The molecule has 0 unspecified atom stereocenters. The van der Waals surface area contributed by atoms with E-state index in [0.717, 1.165) is 43.4 Å². The molecule has 0 saturated heterocycles. The second kappa shape index (κ2) is 25.0. The molecule has 72 heavy (non-hydrogen) atoms. The first-order valence-electron chi connectivity index (χ1n) is 23.5. The molecule has 0 radical (unpaired) electrons. The van der Waals surface area contributed by atoms with Crippen molar-refractivity contribution in [2.24, 2.45) is 0 Å². The van der Waals surface area contributed by atoms with Crippen LogP contribution in [0.2, 0.25) is 0 Å². The van der Waals surface area contributed by atoms with Gasteiger partial charge in [0.1, 0.15) is 47.7 Å². The van der Waals surface area contributed by atoms with Crippen LogP contribution in [0.5, 0.6) is 0 Å². The standard InChI is InChI=1S/C30H24P2.C22H13.C16H9.2Ag/c1-5-15-25(16-6-1)31(26-17-7-2-8-18-26)29-23-13-14-24-30(29)32(27-19-9-3-10-20-27)28-21-11-4-12-22-28;1-2-17-18-12-6-8-14-20(18)22(16-10-4-3-5-11-16)21-15-9-7-13-19(17)21;1-2-14-15-9-5-3-7-12(15)11-13-8-4-6-10-16(13)14;;/h1-24H;3-15H;3-11H;;/q;2*-1;2*+1/p+2. The van der Waals surface area contributed by atoms with Crippen LogP contribution in [0.3, 0.4) is 0 Å². The van der Waals surface area contributed by atoms with E-state index in [-0.39, 0.29) is 44.8 Å². The number of hydrogen-bond acceptors (Lipinski definition) is 0. The first-order chi connectivity index (χ1) is 34.7. The molecular weight excluding hydrogens is 1090 g/mol. The molecule has 0 bridgehead atoms. The molecule has 0 amide bonds. The molecule has 0 saturated carbocycles. The molecule has 12 aromatic rings. The van der Waals surface area contributed by atoms with Gasteiger partial charge in [-0.2, -0.15) is 0 Å². The molecule has 0 spiro atoms. The maximum absolute atomic E-state index is 7.73. The zero-order valence-electron chi connectivity index (χ0n) is 39.2. The van der Waals surface area contributed by atoms with E-state index in [1.807, 2.05) is 54.6 Å². The van der Waals surface area contributed by atoms with Gasteiger partial charge in [-0.3, -0.25) is 11.8 Å². The van der Waals surface area contributed by atoms with Gasteiger partial charge in [-0.15, -0.1) is 11.1 Å². The minimum Gasteiger partial charge on any atom is -0.366 e. The first-order valence-corrected chi connectivity index (χ1v) is 26.5. The molecule has 0 aromatic heterocycles. The van der Waals surface area contributed by atoms with Gasteiger partial charge in [-0.05, 0) is 99.4 Å². The molecule has 0 atom stereocenters. The quantitative estimate of drug-likeness (QED) is 0.0491. The summed E-state index contributed by atoms with van der Waals surface area (Å²) in [6.45, 7) is 0. The Bertz CT molecular complexity index is 3500. The van der Waals surface area contributed by atoms with Crippen molar-refractivity contribution < 1.29 is 44.8 Å². The van der Waals surface area contributed by atoms with Gasteiger partial charge in [-0.25, -0.2) is 0 Å². The van der Waals surface area contributed by atoms with Crippen molar-refractivity contribution in [2.75, 3.05) is 0 Å². The largest absolute Gasteiger partial charge is 1.00 e. The molecule has 0 aliphatic carbocycles. The number of rotatable bonds is 7. The summed E-state index contributed by atoms with van der Waals surface area (Å²) in [6.07, 6.45) is 15.2. The first kappa shape index (κ1) is 51.5. The molecule has 12 rings (SSSR count). The van der Waals surface area contributed by atoms with Crippen molar-refractivity contribution in [1.82, 2.24) is 0 Å². The van der Waals surface area contributed by atoms with Crippen molar-refractivity contribution in [1.29, 1.82) is 0 Å². The monoisotopic (exact) mass is 1140 g/mol. The Morgan fingerprint density at radius 3 is 0.875 bits per heavy atom. The molecule has 350 valence electrons. The average molecular weight is 1140 g/mol. The van der Waals surface area contributed by atoms with E-state index >= 15 is 0 Å². The molecule has 0 nitrogen and oxygen atoms in total. The molecule has 4 heteroatoms. The SMILES string of the molecule is [Ag+].[Ag+].[C-]#Cc1c2ccccc2c(-c2ccccc2)c2ccccc12.[C-]#Cc1c2ccccc2cc2ccccc12.c1ccc([PH+](c2ccccc2)c2ccccc2[PH+](c2ccccc2)c2ccccc2)cc1. The second-order valence-corrected chi connectivity index (χ2v) is 21.8. The van der Waals surface area contributed by atoms with E-state index in [1.165, 1.54) is 53.7 Å². The smallest absolute Gasteiger partial charge is 0.366 e. The van der Waals surface area contributed by atoms with Gasteiger partial charge in [0.2, 0.25) is 0 Å². The van der Waals surface area contributed by atoms with E-state index in [4.69, 9.17) is 12.8 Å². The molecule has 0 aliphatic rings. The number of fused-ring (bicyclic) bond motifs is 4. The normalized spacial score (nSPS) is 10.5. The Balaban J connectivity index is 0.000000151. The third kappa shape index (κ3) is 11.1. The number of benzene rings is 12. The average Bonchev–Trinajstić information content (AvgIpc) is 3.44. The summed E-state index contributed by atoms with van der Waals surface area (Å²) in [5.41, 5.74) is 4.18. The van der Waals surface area contributed by atoms with Crippen LogP contribution in [0.4, 0.5) is 0 Å². The van der Waals surface area contributed by atoms with Crippen molar-refractivity contribution in [2.45, 2.75) is 0 Å². The van der Waals surface area contributed by atoms with Crippen molar-refractivity contribution in [3.8, 4) is 23.0 Å². The van der Waals surface area contributed by atoms with Crippen LogP contribution >= 0.6 is 15.8 Å². The van der Waals surface area contributed by atoms with Crippen molar-refractivity contribution in [3.05, 3.63) is 303 Å². The topological polar surface area (TPSA) is 0 Å². The van der Waals surface area contributed by atoms with E-state index < -0.39 is 15.8 Å². The maximum atomic E-state index is 7.73. The summed E-state index contributed by atoms with van der Waals surface area (Å²) in [5.74, 6) is 5.20. The van der Waals surface area contributed by atoms with E-state index in [1.54, 1.807) is 0 Å². The predicted molar refractivity (Wildman–Crippen MR) is 307 cm³/mol. The fourth-order valence-corrected chi connectivity index (χ4v) is 15.6. The summed E-state index contributed by atoms with van der Waals surface area (Å²) < 4.78 is 0. The Kier molecular flexibility index (Phi) is 17.9. The van der Waals surface area contributed by atoms with Crippen LogP contribution in [0, 0.1) is 24.7 Å². The Labute approximate surface area is 457 Å². The summed E-state index contributed by atoms with van der Waals surface area (Å²) >= 11 is 0. The summed E-state index contributed by atoms with van der Waals surface area (Å²) in [4.78, 5) is 0. The van der Waals surface area contributed by atoms with Gasteiger partial charge >= 0.3 is 44.8 Å². The number of hydrogen-bond donors (Lipinski definition) is 0. The van der Waals surface area contributed by atoms with Gasteiger partial charge < -0.3 is 12.8 Å². The van der Waals surface area contributed by atoms with Gasteiger partial charge in [0.15, 0.2) is 0 Å². The fourth-order valence-electron chi connectivity index (χ4n) is 9.62. The molecule has 0 heterocycles. The zero-order chi connectivity index (χ0) is 47.5. The van der Waals surface area contributed by atoms with Gasteiger partial charge in [0.05, 0.1) is 0 Å². The van der Waals surface area contributed by atoms with Gasteiger partial charge in [-0.1, -0.05) is 234 Å². The summed E-state index contributed by atoms with van der Waals surface area (Å²) in [5, 5.41) is 17.7. The Morgan fingerprint density at radius 1 is 0.264 bits per heavy atom. The third-order valence-corrected chi connectivity index (χ3v) is 18.6. The Morgan fingerprint density at radius 2 is 0.528 bits per heavy atom. The minimum atomic E-state index is -1.14. The molecule has 0 N–H and O–H groups in total. The fraction of sp³-hybridized carbons (Fsp3) is 0. The predicted octanol–water partition coefficient (Wildman–Crippen LogP) is 14.2. The minimum absolute atomic E-state index is 0. The van der Waals surface area contributed by atoms with Crippen LogP contribution in [-0.4, -0.2) is 0 Å². The van der Waals surface area contributed by atoms with Crippen LogP contribution in [-0.2, 0) is 44.8 Å². The third-order valence-electron chi connectivity index (χ3n) is 12.7.